The van der Waals surface area contributed by atoms with Crippen LogP contribution in [-0.4, -0.2) is 73.5 Å². The minimum absolute atomic E-state index is 0.131. The van der Waals surface area contributed by atoms with Gasteiger partial charge in [0.1, 0.15) is 0 Å². The van der Waals surface area contributed by atoms with Crippen molar-refractivity contribution in [3.05, 3.63) is 140 Å². The van der Waals surface area contributed by atoms with Gasteiger partial charge in [0.2, 0.25) is 0 Å². The summed E-state index contributed by atoms with van der Waals surface area (Å²) in [5.41, 5.74) is 16.3. The summed E-state index contributed by atoms with van der Waals surface area (Å²) < 4.78 is 18.5. The molecule has 6 heterocycles. The van der Waals surface area contributed by atoms with Gasteiger partial charge in [-0.1, -0.05) is 144 Å². The second-order valence-corrected chi connectivity index (χ2v) is 21.0. The highest BCUT2D eigenvalue weighted by Crippen LogP contribution is 2.54. The van der Waals surface area contributed by atoms with E-state index >= 15 is 0 Å². The van der Waals surface area contributed by atoms with E-state index in [1.165, 1.54) is 44.6 Å². The van der Waals surface area contributed by atoms with Crippen LogP contribution in [0.2, 0.25) is 0 Å². The summed E-state index contributed by atoms with van der Waals surface area (Å²) in [6.45, 7) is 29.0. The Morgan fingerprint density at radius 3 is 0.975 bits per heavy atom. The lowest BCUT2D eigenvalue weighted by molar-refractivity contribution is -0.193. The Bertz CT molecular complexity index is 2920. The number of benzene rings is 3. The van der Waals surface area contributed by atoms with Crippen molar-refractivity contribution >= 4 is 36.9 Å². The van der Waals surface area contributed by atoms with Crippen molar-refractivity contribution in [1.29, 1.82) is 0 Å². The normalized spacial score (nSPS) is 22.1. The van der Waals surface area contributed by atoms with Gasteiger partial charge in [-0.25, -0.2) is 0 Å². The van der Waals surface area contributed by atoms with Crippen LogP contribution in [0.3, 0.4) is 0 Å². The van der Waals surface area contributed by atoms with Crippen LogP contribution in [-0.2, 0) is 71.7 Å². The van der Waals surface area contributed by atoms with Gasteiger partial charge in [0.25, 0.3) is 0 Å². The Labute approximate surface area is 469 Å². The van der Waals surface area contributed by atoms with Gasteiger partial charge in [-0.15, -0.1) is 0 Å². The molecule has 6 aliphatic heterocycles. The van der Waals surface area contributed by atoms with Crippen molar-refractivity contribution in [2.75, 3.05) is 0 Å². The SMILES string of the molecule is CC1=C(C)C2OC1CC2C#Cc1ccc(C)cc1.CCC1=C(CC)C2OC1CC2C#Cc1ccc(C)cc1.Cc1ccc(C#CC2CC3OC2C(C(C)(C)C)=C3C(C)(C)C)cc1.O=C=O.O=C=O.O=C=O.O=C=O.O=C=O.O=C=O. The molecule has 9 unspecified atom stereocenters. The molecule has 0 amide bonds. The van der Waals surface area contributed by atoms with Crippen molar-refractivity contribution in [1.82, 2.24) is 0 Å². The zero-order valence-electron chi connectivity index (χ0n) is 47.8. The maximum absolute atomic E-state index is 8.12. The molecule has 3 aromatic rings. The summed E-state index contributed by atoms with van der Waals surface area (Å²) in [6, 6.07) is 25.3. The molecule has 9 atom stereocenters. The van der Waals surface area contributed by atoms with E-state index in [1.807, 2.05) is 0 Å². The monoisotopic (exact) mass is 1090 g/mol. The highest BCUT2D eigenvalue weighted by atomic mass is 16.5. The molecule has 15 nitrogen and oxygen atoms in total. The van der Waals surface area contributed by atoms with Crippen LogP contribution in [0.4, 0.5) is 0 Å². The van der Waals surface area contributed by atoms with Gasteiger partial charge < -0.3 is 14.2 Å². The number of rotatable bonds is 2. The molecule has 15 heteroatoms. The van der Waals surface area contributed by atoms with Crippen LogP contribution in [0.25, 0.3) is 0 Å². The summed E-state index contributed by atoms with van der Waals surface area (Å²) in [7, 11) is 0. The molecule has 3 aromatic carbocycles. The molecule has 0 saturated carbocycles. The molecule has 9 rings (SSSR count). The lowest BCUT2D eigenvalue weighted by Gasteiger charge is -2.35. The minimum atomic E-state index is 0.131. The van der Waals surface area contributed by atoms with E-state index in [0.717, 1.165) is 48.8 Å². The zero-order chi connectivity index (χ0) is 60.8. The molecule has 3 saturated heterocycles. The highest BCUT2D eigenvalue weighted by molar-refractivity contribution is 5.45. The first-order valence-corrected chi connectivity index (χ1v) is 25.7. The van der Waals surface area contributed by atoms with Gasteiger partial charge in [0.15, 0.2) is 0 Å². The molecule has 0 aliphatic carbocycles. The second kappa shape index (κ2) is 35.3. The third-order valence-corrected chi connectivity index (χ3v) is 13.7. The number of aryl methyl sites for hydroxylation is 3. The number of hydrogen-bond acceptors (Lipinski definition) is 15. The third-order valence-electron chi connectivity index (χ3n) is 13.7. The van der Waals surface area contributed by atoms with Gasteiger partial charge >= 0.3 is 36.9 Å². The highest BCUT2D eigenvalue weighted by Gasteiger charge is 2.52. The summed E-state index contributed by atoms with van der Waals surface area (Å²) in [6.07, 6.45) is 8.51. The molecule has 0 radical (unpaired) electrons. The van der Waals surface area contributed by atoms with Crippen LogP contribution in [0.1, 0.15) is 135 Å². The number of fused-ring (bicyclic) bond motifs is 6. The molecule has 0 aromatic heterocycles. The van der Waals surface area contributed by atoms with Gasteiger partial charge in [0, 0.05) is 16.7 Å². The smallest absolute Gasteiger partial charge is 0.365 e. The van der Waals surface area contributed by atoms with E-state index in [1.54, 1.807) is 5.57 Å². The zero-order valence-corrected chi connectivity index (χ0v) is 47.8. The Morgan fingerprint density at radius 1 is 0.375 bits per heavy atom. The number of carbonyl (C=O) groups excluding carboxylic acids is 12. The lowest BCUT2D eigenvalue weighted by atomic mass is 9.67. The molecule has 3 fully saturated rings. The van der Waals surface area contributed by atoms with Crippen molar-refractivity contribution in [2.24, 2.45) is 28.6 Å². The van der Waals surface area contributed by atoms with Crippen molar-refractivity contribution in [2.45, 2.75) is 159 Å². The molecule has 420 valence electrons. The van der Waals surface area contributed by atoms with E-state index < -0.39 is 0 Å². The van der Waals surface area contributed by atoms with Gasteiger partial charge in [0.05, 0.1) is 54.4 Å². The number of hydrogen-bond donors (Lipinski definition) is 0. The summed E-state index contributed by atoms with van der Waals surface area (Å²) in [4.78, 5) is 97.5. The molecule has 0 N–H and O–H groups in total. The minimum Gasteiger partial charge on any atom is -0.365 e. The van der Waals surface area contributed by atoms with Crippen LogP contribution in [0, 0.1) is 84.9 Å². The van der Waals surface area contributed by atoms with Crippen LogP contribution in [0.5, 0.6) is 0 Å². The molecule has 6 aliphatic rings. The average molecular weight is 1090 g/mol. The Hall–Kier alpha value is -8.28. The average Bonchev–Trinajstić information content (AvgIpc) is 4.28. The van der Waals surface area contributed by atoms with Gasteiger partial charge in [-0.05, 0) is 147 Å². The Morgan fingerprint density at radius 2 is 0.662 bits per heavy atom. The van der Waals surface area contributed by atoms with E-state index in [-0.39, 0.29) is 72.2 Å². The molecule has 6 bridgehead atoms. The molecule has 80 heavy (non-hydrogen) atoms. The maximum Gasteiger partial charge on any atom is 0.373 e. The van der Waals surface area contributed by atoms with E-state index in [4.69, 9.17) is 71.7 Å². The standard InChI is InChI=1S/C23H30O.C19H22O.C17H18O.6CO2/c1-15-8-10-16(11-9-15)12-13-17-14-18-19(22(2,3)4)20(21(17)24-18)23(5,6)7;1-4-16-17(5-2)19-15(12-18(16)20-19)11-10-14-8-6-13(3)7-9-14;1-11-4-6-14(7-5-11)8-9-15-10-16-12(2)13(3)17(15)18-16;6*2-1-3/h8-11,17-18,21H,14H2,1-7H3;6-9,15,18-19H,4-5,12H2,1-3H3;4-7,15-17H,10H2,1-3H3;;;;;;. The predicted octanol–water partition coefficient (Wildman–Crippen LogP) is 9.74. The van der Waals surface area contributed by atoms with Gasteiger partial charge in [-0.3, -0.25) is 0 Å². The van der Waals surface area contributed by atoms with Crippen molar-refractivity contribution in [3.63, 3.8) is 0 Å². The quantitative estimate of drug-likeness (QED) is 0.172. The summed E-state index contributed by atoms with van der Waals surface area (Å²) >= 11 is 0. The number of ether oxygens (including phenoxy) is 3. The third kappa shape index (κ3) is 21.2. The fourth-order valence-corrected chi connectivity index (χ4v) is 10.4. The topological polar surface area (TPSA) is 233 Å². The first-order valence-electron chi connectivity index (χ1n) is 25.7. The van der Waals surface area contributed by atoms with Crippen LogP contribution < -0.4 is 0 Å². The van der Waals surface area contributed by atoms with E-state index in [9.17, 15) is 0 Å². The van der Waals surface area contributed by atoms with Gasteiger partial charge in [-0.2, -0.15) is 57.5 Å². The second-order valence-electron chi connectivity index (χ2n) is 21.0. The molecular formula is C65H70O15. The van der Waals surface area contributed by atoms with Crippen LogP contribution >= 0.6 is 0 Å². The van der Waals surface area contributed by atoms with Crippen molar-refractivity contribution < 1.29 is 71.7 Å². The van der Waals surface area contributed by atoms with Crippen molar-refractivity contribution in [3.8, 4) is 35.5 Å². The summed E-state index contributed by atoms with van der Waals surface area (Å²) in [5.74, 6) is 21.4. The van der Waals surface area contributed by atoms with E-state index in [0.29, 0.717) is 30.0 Å². The van der Waals surface area contributed by atoms with Crippen LogP contribution in [0.15, 0.2) is 106 Å². The predicted molar refractivity (Wildman–Crippen MR) is 286 cm³/mol. The molecule has 0 spiro atoms. The lowest BCUT2D eigenvalue weighted by Crippen LogP contribution is -2.31. The fraction of sp³-hybridized carbons (Fsp3) is 0.446. The largest absolute Gasteiger partial charge is 0.373 e. The molecular weight excluding hydrogens is 1020 g/mol. The maximum atomic E-state index is 8.12. The fourth-order valence-electron chi connectivity index (χ4n) is 10.4. The Balaban J connectivity index is 0.000000524. The first kappa shape index (κ1) is 69.7. The first-order chi connectivity index (χ1) is 37.9. The summed E-state index contributed by atoms with van der Waals surface area (Å²) in [5, 5.41) is 0. The van der Waals surface area contributed by atoms with E-state index in [2.05, 4.69) is 198 Å². The Kier molecular flexibility index (Phi) is 30.7.